The maximum Gasteiger partial charge on any atom is 0.226 e. The molecule has 1 aliphatic heterocycles. The van der Waals surface area contributed by atoms with Gasteiger partial charge in [0.25, 0.3) is 0 Å². The van der Waals surface area contributed by atoms with Crippen molar-refractivity contribution < 1.29 is 13.9 Å². The van der Waals surface area contributed by atoms with Crippen LogP contribution < -0.4 is 15.0 Å². The number of nitrogens with one attached hydrogen (secondary N) is 1. The predicted molar refractivity (Wildman–Crippen MR) is 126 cm³/mol. The number of anilines is 1. The van der Waals surface area contributed by atoms with E-state index in [4.69, 9.17) is 4.74 Å². The van der Waals surface area contributed by atoms with Crippen molar-refractivity contribution in [3.05, 3.63) is 76.0 Å². The molecule has 3 aromatic rings. The van der Waals surface area contributed by atoms with Crippen LogP contribution in [0.5, 0.6) is 5.75 Å². The van der Waals surface area contributed by atoms with E-state index in [-0.39, 0.29) is 18.1 Å². The summed E-state index contributed by atoms with van der Waals surface area (Å²) in [4.78, 5) is 19.2. The first-order chi connectivity index (χ1) is 15.7. The van der Waals surface area contributed by atoms with Crippen molar-refractivity contribution in [1.29, 1.82) is 0 Å². The van der Waals surface area contributed by atoms with Gasteiger partial charge in [-0.2, -0.15) is 0 Å². The van der Waals surface area contributed by atoms with Crippen LogP contribution in [0.3, 0.4) is 0 Å². The minimum atomic E-state index is -0.297. The van der Waals surface area contributed by atoms with Crippen LogP contribution in [0.2, 0.25) is 0 Å². The summed E-state index contributed by atoms with van der Waals surface area (Å²) in [7, 11) is 0. The fourth-order valence-electron chi connectivity index (χ4n) is 3.77. The summed E-state index contributed by atoms with van der Waals surface area (Å²) in [6.45, 7) is 3.19. The van der Waals surface area contributed by atoms with E-state index < -0.39 is 0 Å². The van der Waals surface area contributed by atoms with Gasteiger partial charge in [-0.15, -0.1) is 11.3 Å². The number of nitrogens with zero attached hydrogens (tertiary/aromatic N) is 2. The van der Waals surface area contributed by atoms with Crippen molar-refractivity contribution >= 4 is 22.9 Å². The number of carbonyl (C=O) groups excluding carboxylic acids is 1. The second kappa shape index (κ2) is 11.1. The average molecular weight is 454 g/mol. The average Bonchev–Trinajstić information content (AvgIpc) is 3.27. The molecule has 0 bridgehead atoms. The molecule has 1 fully saturated rings. The second-order valence-corrected chi connectivity index (χ2v) is 8.91. The molecule has 32 heavy (non-hydrogen) atoms. The first kappa shape index (κ1) is 22.3. The summed E-state index contributed by atoms with van der Waals surface area (Å²) in [5.74, 6) is 0.255. The minimum Gasteiger partial charge on any atom is -0.486 e. The van der Waals surface area contributed by atoms with Crippen LogP contribution in [-0.4, -0.2) is 30.5 Å². The first-order valence-corrected chi connectivity index (χ1v) is 12.0. The van der Waals surface area contributed by atoms with E-state index in [0.29, 0.717) is 18.9 Å². The van der Waals surface area contributed by atoms with Crippen LogP contribution in [0.25, 0.3) is 0 Å². The Hall–Kier alpha value is -2.93. The fraction of sp³-hybridized carbons (Fsp3) is 0.360. The van der Waals surface area contributed by atoms with Crippen LogP contribution in [0.1, 0.15) is 35.5 Å². The molecule has 0 radical (unpaired) electrons. The first-order valence-electron chi connectivity index (χ1n) is 11.1. The number of amides is 1. The summed E-state index contributed by atoms with van der Waals surface area (Å²) in [5, 5.41) is 5.64. The molecule has 4 rings (SSSR count). The van der Waals surface area contributed by atoms with Gasteiger partial charge in [0.1, 0.15) is 23.2 Å². The lowest BCUT2D eigenvalue weighted by molar-refractivity contribution is -0.120. The number of thiazole rings is 1. The molecular formula is C25H28FN3O2S. The molecule has 2 heterocycles. The Morgan fingerprint density at radius 3 is 2.56 bits per heavy atom. The highest BCUT2D eigenvalue weighted by Gasteiger charge is 2.11. The fourth-order valence-corrected chi connectivity index (χ4v) is 4.48. The molecule has 0 aliphatic carbocycles. The molecule has 1 saturated heterocycles. The van der Waals surface area contributed by atoms with Crippen LogP contribution in [0.4, 0.5) is 10.1 Å². The normalized spacial score (nSPS) is 13.7. The molecular weight excluding hydrogens is 425 g/mol. The van der Waals surface area contributed by atoms with Gasteiger partial charge in [-0.25, -0.2) is 9.37 Å². The lowest BCUT2D eigenvalue weighted by Crippen LogP contribution is -2.29. The third-order valence-electron chi connectivity index (χ3n) is 5.51. The number of carbonyl (C=O) groups is 1. The molecule has 1 N–H and O–H groups in total. The zero-order valence-electron chi connectivity index (χ0n) is 18.1. The lowest BCUT2D eigenvalue weighted by atomic mass is 10.1. The molecule has 0 unspecified atom stereocenters. The molecule has 5 nitrogen and oxygen atoms in total. The van der Waals surface area contributed by atoms with Crippen molar-refractivity contribution in [3.8, 4) is 5.75 Å². The number of rotatable bonds is 9. The quantitative estimate of drug-likeness (QED) is 0.508. The van der Waals surface area contributed by atoms with Crippen molar-refractivity contribution in [1.82, 2.24) is 10.3 Å². The van der Waals surface area contributed by atoms with Gasteiger partial charge in [-0.05, 0) is 67.6 Å². The van der Waals surface area contributed by atoms with E-state index >= 15 is 0 Å². The SMILES string of the molecule is O=C(Cc1csc(COc2ccc(F)cc2)n1)NCCc1ccc(N2CCCCC2)cc1. The van der Waals surface area contributed by atoms with E-state index in [0.717, 1.165) is 30.2 Å². The third-order valence-corrected chi connectivity index (χ3v) is 6.38. The summed E-state index contributed by atoms with van der Waals surface area (Å²) < 4.78 is 18.5. The van der Waals surface area contributed by atoms with E-state index in [2.05, 4.69) is 39.5 Å². The Balaban J connectivity index is 1.17. The highest BCUT2D eigenvalue weighted by Crippen LogP contribution is 2.20. The van der Waals surface area contributed by atoms with Crippen molar-refractivity contribution in [2.45, 2.75) is 38.7 Å². The number of ether oxygens (including phenoxy) is 1. The molecule has 0 spiro atoms. The maximum absolute atomic E-state index is 12.9. The van der Waals surface area contributed by atoms with E-state index in [9.17, 15) is 9.18 Å². The molecule has 1 aromatic heterocycles. The smallest absolute Gasteiger partial charge is 0.226 e. The Labute approximate surface area is 192 Å². The Morgan fingerprint density at radius 2 is 1.81 bits per heavy atom. The summed E-state index contributed by atoms with van der Waals surface area (Å²) in [6.07, 6.45) is 4.94. The van der Waals surface area contributed by atoms with E-state index in [1.807, 2.05) is 5.38 Å². The van der Waals surface area contributed by atoms with Gasteiger partial charge < -0.3 is 15.0 Å². The lowest BCUT2D eigenvalue weighted by Gasteiger charge is -2.28. The second-order valence-electron chi connectivity index (χ2n) is 7.97. The number of halogens is 1. The Kier molecular flexibility index (Phi) is 7.72. The standard InChI is InChI=1S/C25H28FN3O2S/c26-20-6-10-23(11-7-20)31-17-25-28-21(18-32-25)16-24(30)27-13-12-19-4-8-22(9-5-19)29-14-2-1-3-15-29/h4-11,18H,1-3,12-17H2,(H,27,30). The van der Waals surface area contributed by atoms with Crippen LogP contribution in [0.15, 0.2) is 53.9 Å². The maximum atomic E-state index is 12.9. The molecule has 1 aliphatic rings. The molecule has 7 heteroatoms. The monoisotopic (exact) mass is 453 g/mol. The van der Waals surface area contributed by atoms with Crippen molar-refractivity contribution in [3.63, 3.8) is 0 Å². The van der Waals surface area contributed by atoms with Crippen molar-refractivity contribution in [2.75, 3.05) is 24.5 Å². The number of piperidine rings is 1. The molecule has 0 saturated carbocycles. The van der Waals surface area contributed by atoms with Crippen molar-refractivity contribution in [2.24, 2.45) is 0 Å². The van der Waals surface area contributed by atoms with Gasteiger partial charge in [0.15, 0.2) is 0 Å². The Morgan fingerprint density at radius 1 is 1.06 bits per heavy atom. The molecule has 1 amide bonds. The number of hydrogen-bond donors (Lipinski definition) is 1. The number of benzene rings is 2. The van der Waals surface area contributed by atoms with E-state index in [1.54, 1.807) is 12.1 Å². The third kappa shape index (κ3) is 6.53. The van der Waals surface area contributed by atoms with Crippen LogP contribution in [-0.2, 0) is 24.2 Å². The van der Waals surface area contributed by atoms with Gasteiger partial charge in [-0.3, -0.25) is 4.79 Å². The van der Waals surface area contributed by atoms with Gasteiger partial charge in [0.2, 0.25) is 5.91 Å². The van der Waals surface area contributed by atoms with Gasteiger partial charge in [0.05, 0.1) is 12.1 Å². The molecule has 0 atom stereocenters. The van der Waals surface area contributed by atoms with E-state index in [1.165, 1.54) is 54.0 Å². The largest absolute Gasteiger partial charge is 0.486 e. The van der Waals surface area contributed by atoms with Gasteiger partial charge in [-0.1, -0.05) is 12.1 Å². The number of aromatic nitrogens is 1. The predicted octanol–water partition coefficient (Wildman–Crippen LogP) is 4.75. The highest BCUT2D eigenvalue weighted by atomic mass is 32.1. The molecule has 168 valence electrons. The zero-order chi connectivity index (χ0) is 22.2. The zero-order valence-corrected chi connectivity index (χ0v) is 18.9. The van der Waals surface area contributed by atoms with Crippen LogP contribution >= 0.6 is 11.3 Å². The van der Waals surface area contributed by atoms with Gasteiger partial charge in [0, 0.05) is 30.7 Å². The summed E-state index contributed by atoms with van der Waals surface area (Å²) >= 11 is 1.45. The topological polar surface area (TPSA) is 54.5 Å². The Bertz CT molecular complexity index is 999. The van der Waals surface area contributed by atoms with Gasteiger partial charge >= 0.3 is 0 Å². The summed E-state index contributed by atoms with van der Waals surface area (Å²) in [6, 6.07) is 14.6. The highest BCUT2D eigenvalue weighted by molar-refractivity contribution is 7.09. The minimum absolute atomic E-state index is 0.0359. The summed E-state index contributed by atoms with van der Waals surface area (Å²) in [5.41, 5.74) is 3.25. The number of hydrogen-bond acceptors (Lipinski definition) is 5. The van der Waals surface area contributed by atoms with Crippen LogP contribution in [0, 0.1) is 5.82 Å². The molecule has 2 aromatic carbocycles.